The highest BCUT2D eigenvalue weighted by Crippen LogP contribution is 2.50. The van der Waals surface area contributed by atoms with Crippen LogP contribution < -0.4 is 42.6 Å². The highest BCUT2D eigenvalue weighted by atomic mass is 15.2. The van der Waals surface area contributed by atoms with Gasteiger partial charge in [-0.2, -0.15) is 0 Å². The number of hydrogen-bond acceptors (Lipinski definition) is 2. The number of rotatable bonds is 3. The Balaban J connectivity index is 1.25. The highest BCUT2D eigenvalue weighted by molar-refractivity contribution is 7.04. The first-order valence-corrected chi connectivity index (χ1v) is 18.7. The van der Waals surface area contributed by atoms with E-state index in [1.54, 1.807) is 0 Å². The average molecular weight is 670 g/mol. The van der Waals surface area contributed by atoms with Crippen molar-refractivity contribution in [2.24, 2.45) is 0 Å². The van der Waals surface area contributed by atoms with Crippen LogP contribution in [-0.4, -0.2) is 13.4 Å². The molecule has 0 bridgehead atoms. The zero-order valence-electron chi connectivity index (χ0n) is 29.1. The van der Waals surface area contributed by atoms with Crippen molar-refractivity contribution in [3.8, 4) is 22.3 Å². The molecule has 0 radical (unpaired) electrons. The van der Waals surface area contributed by atoms with Crippen molar-refractivity contribution in [2.75, 3.05) is 9.80 Å². The van der Waals surface area contributed by atoms with Crippen LogP contribution in [0.25, 0.3) is 22.3 Å². The number of anilines is 6. The third-order valence-electron chi connectivity index (χ3n) is 12.1. The maximum Gasteiger partial charge on any atom is 0.252 e. The summed E-state index contributed by atoms with van der Waals surface area (Å²) in [6, 6.07) is 67.9. The van der Waals surface area contributed by atoms with Crippen molar-refractivity contribution in [1.82, 2.24) is 0 Å². The molecule has 8 aromatic rings. The van der Waals surface area contributed by atoms with E-state index in [0.717, 1.165) is 6.42 Å². The first-order chi connectivity index (χ1) is 26.3. The van der Waals surface area contributed by atoms with E-state index in [9.17, 15) is 0 Å². The van der Waals surface area contributed by atoms with E-state index in [4.69, 9.17) is 0 Å². The van der Waals surface area contributed by atoms with Crippen LogP contribution in [0.15, 0.2) is 182 Å². The van der Waals surface area contributed by atoms with E-state index in [1.807, 2.05) is 0 Å². The molecule has 0 aliphatic carbocycles. The lowest BCUT2D eigenvalue weighted by molar-refractivity contribution is 1.17. The Morgan fingerprint density at radius 3 is 1.36 bits per heavy atom. The van der Waals surface area contributed by atoms with Gasteiger partial charge in [-0.3, -0.25) is 0 Å². The minimum atomic E-state index is 0.0948. The van der Waals surface area contributed by atoms with Crippen LogP contribution in [0.1, 0.15) is 11.1 Å². The van der Waals surface area contributed by atoms with Crippen LogP contribution >= 0.6 is 0 Å². The molecule has 4 aliphatic heterocycles. The normalized spacial score (nSPS) is 13.8. The van der Waals surface area contributed by atoms with E-state index in [-0.39, 0.29) is 13.4 Å². The second-order valence-electron chi connectivity index (χ2n) is 14.8. The number of para-hydroxylation sites is 4. The van der Waals surface area contributed by atoms with Gasteiger partial charge in [0, 0.05) is 39.6 Å². The maximum absolute atomic E-state index is 2.63. The summed E-state index contributed by atoms with van der Waals surface area (Å²) < 4.78 is 0. The van der Waals surface area contributed by atoms with Crippen LogP contribution in [0.3, 0.4) is 0 Å². The topological polar surface area (TPSA) is 6.48 Å². The fraction of sp³-hybridized carbons (Fsp3) is 0.0204. The molecule has 0 saturated carbocycles. The van der Waals surface area contributed by atoms with Crippen LogP contribution in [0, 0.1) is 0 Å². The molecular formula is C49H32B2N2. The van der Waals surface area contributed by atoms with Crippen molar-refractivity contribution in [3.63, 3.8) is 0 Å². The molecule has 0 fully saturated rings. The van der Waals surface area contributed by atoms with Crippen molar-refractivity contribution in [2.45, 2.75) is 6.42 Å². The second kappa shape index (κ2) is 11.0. The fourth-order valence-corrected chi connectivity index (χ4v) is 10.1. The van der Waals surface area contributed by atoms with Gasteiger partial charge in [-0.05, 0) is 80.3 Å². The minimum absolute atomic E-state index is 0.0948. The quantitative estimate of drug-likeness (QED) is 0.177. The molecule has 2 nitrogen and oxygen atoms in total. The standard InChI is InChI=1S/C49H32B2N2/c1-3-16-32(17-4-1)36-21-15-22-37(33-18-5-2-6-19-33)48(36)53-44-29-14-11-26-41(44)51-40-25-10-13-28-43(40)52-42-27-12-9-24-39(42)50-38-23-8-7-20-34(38)30-35-31-45(53)47(51)49(52)46(35)50/h1-29,31H,30H2. The highest BCUT2D eigenvalue weighted by Gasteiger charge is 2.50. The largest absolute Gasteiger partial charge is 0.312 e. The average Bonchev–Trinajstić information content (AvgIpc) is 3.23. The summed E-state index contributed by atoms with van der Waals surface area (Å²) in [5, 5.41) is 0. The third-order valence-corrected chi connectivity index (χ3v) is 12.1. The van der Waals surface area contributed by atoms with Gasteiger partial charge >= 0.3 is 0 Å². The molecule has 4 heterocycles. The Labute approximate surface area is 310 Å². The first-order valence-electron chi connectivity index (χ1n) is 18.7. The number of fused-ring (bicyclic) bond motifs is 10. The molecule has 0 atom stereocenters. The van der Waals surface area contributed by atoms with Crippen molar-refractivity contribution in [1.29, 1.82) is 0 Å². The summed E-state index contributed by atoms with van der Waals surface area (Å²) >= 11 is 0. The zero-order valence-corrected chi connectivity index (χ0v) is 29.1. The Hall–Kier alpha value is -6.51. The van der Waals surface area contributed by atoms with Crippen LogP contribution in [-0.2, 0) is 6.42 Å². The first kappa shape index (κ1) is 29.1. The van der Waals surface area contributed by atoms with E-state index in [2.05, 4.69) is 192 Å². The molecule has 4 aliphatic rings. The second-order valence-corrected chi connectivity index (χ2v) is 14.8. The summed E-state index contributed by atoms with van der Waals surface area (Å²) in [5.74, 6) is 0. The SMILES string of the molecule is c1ccc(-c2cccc(-c3ccccc3)c2N2c3ccccc3B3c4ccccc4N4c5ccccc5B5c6ccccc6Cc6cc2c3c4c65)cc1. The van der Waals surface area contributed by atoms with Gasteiger partial charge in [0.15, 0.2) is 0 Å². The van der Waals surface area contributed by atoms with Crippen LogP contribution in [0.4, 0.5) is 34.1 Å². The molecule has 0 unspecified atom stereocenters. The molecule has 53 heavy (non-hydrogen) atoms. The van der Waals surface area contributed by atoms with Gasteiger partial charge in [-0.25, -0.2) is 0 Å². The van der Waals surface area contributed by atoms with Crippen LogP contribution in [0.2, 0.25) is 0 Å². The molecule has 244 valence electrons. The molecule has 0 spiro atoms. The molecule has 0 N–H and O–H groups in total. The molecule has 0 saturated heterocycles. The molecule has 12 rings (SSSR count). The molecular weight excluding hydrogens is 638 g/mol. The lowest BCUT2D eigenvalue weighted by Crippen LogP contribution is -2.68. The summed E-state index contributed by atoms with van der Waals surface area (Å²) in [6.07, 6.45) is 0.909. The number of benzene rings is 8. The third kappa shape index (κ3) is 3.96. The smallest absolute Gasteiger partial charge is 0.252 e. The summed E-state index contributed by atoms with van der Waals surface area (Å²) in [4.78, 5) is 5.25. The molecule has 4 heteroatoms. The van der Waals surface area contributed by atoms with Gasteiger partial charge in [-0.1, -0.05) is 163 Å². The Kier molecular flexibility index (Phi) is 6.04. The Morgan fingerprint density at radius 2 is 0.792 bits per heavy atom. The molecule has 8 aromatic carbocycles. The van der Waals surface area contributed by atoms with Gasteiger partial charge in [0.25, 0.3) is 6.71 Å². The van der Waals surface area contributed by atoms with Gasteiger partial charge < -0.3 is 9.80 Å². The predicted octanol–water partition coefficient (Wildman–Crippen LogP) is 7.84. The van der Waals surface area contributed by atoms with Gasteiger partial charge in [0.05, 0.1) is 5.69 Å². The summed E-state index contributed by atoms with van der Waals surface area (Å²) in [5.41, 5.74) is 23.8. The lowest BCUT2D eigenvalue weighted by Gasteiger charge is -2.50. The van der Waals surface area contributed by atoms with E-state index in [1.165, 1.54) is 100 Å². The summed E-state index contributed by atoms with van der Waals surface area (Å²) in [6.45, 7) is 0.271. The zero-order chi connectivity index (χ0) is 34.6. The molecule has 0 aromatic heterocycles. The Morgan fingerprint density at radius 1 is 0.340 bits per heavy atom. The summed E-state index contributed by atoms with van der Waals surface area (Å²) in [7, 11) is 0. The predicted molar refractivity (Wildman–Crippen MR) is 225 cm³/mol. The van der Waals surface area contributed by atoms with Crippen molar-refractivity contribution in [3.05, 3.63) is 193 Å². The van der Waals surface area contributed by atoms with E-state index < -0.39 is 0 Å². The van der Waals surface area contributed by atoms with Gasteiger partial charge in [-0.15, -0.1) is 0 Å². The number of hydrogen-bond donors (Lipinski definition) is 0. The van der Waals surface area contributed by atoms with Gasteiger partial charge in [0.2, 0.25) is 6.71 Å². The Bertz CT molecular complexity index is 2730. The minimum Gasteiger partial charge on any atom is -0.312 e. The van der Waals surface area contributed by atoms with Crippen molar-refractivity contribution < 1.29 is 0 Å². The lowest BCUT2D eigenvalue weighted by atomic mass is 9.28. The fourth-order valence-electron chi connectivity index (χ4n) is 10.1. The van der Waals surface area contributed by atoms with E-state index >= 15 is 0 Å². The van der Waals surface area contributed by atoms with E-state index in [0.29, 0.717) is 0 Å². The molecule has 0 amide bonds. The maximum atomic E-state index is 2.63. The van der Waals surface area contributed by atoms with Crippen LogP contribution in [0.5, 0.6) is 0 Å². The monoisotopic (exact) mass is 670 g/mol. The number of nitrogens with zero attached hydrogens (tertiary/aromatic N) is 2. The van der Waals surface area contributed by atoms with Crippen molar-refractivity contribution >= 4 is 80.3 Å². The van der Waals surface area contributed by atoms with Gasteiger partial charge in [0.1, 0.15) is 0 Å².